The molecule has 1 amide bonds. The third-order valence-corrected chi connectivity index (χ3v) is 5.55. The summed E-state index contributed by atoms with van der Waals surface area (Å²) in [4.78, 5) is 12.1. The van der Waals surface area contributed by atoms with Gasteiger partial charge in [-0.25, -0.2) is 12.7 Å². The highest BCUT2D eigenvalue weighted by Gasteiger charge is 2.28. The molecule has 150 valence electrons. The Labute approximate surface area is 155 Å². The number of nitrogens with zero attached hydrogens (tertiary/aromatic N) is 1. The Hall–Kier alpha value is -0.660. The normalized spacial score (nSPS) is 16.4. The van der Waals surface area contributed by atoms with E-state index in [9.17, 15) is 13.2 Å². The Balaban J connectivity index is 0.00000277. The van der Waals surface area contributed by atoms with E-state index in [1.54, 1.807) is 0 Å². The highest BCUT2D eigenvalue weighted by molar-refractivity contribution is 7.88. The van der Waals surface area contributed by atoms with E-state index < -0.39 is 10.0 Å². The number of unbranched alkanes of at least 4 members (excludes halogenated alkanes) is 3. The quantitative estimate of drug-likeness (QED) is 0.573. The zero-order valence-corrected chi connectivity index (χ0v) is 17.6. The van der Waals surface area contributed by atoms with E-state index in [1.807, 2.05) is 13.8 Å². The molecule has 1 aliphatic heterocycles. The van der Waals surface area contributed by atoms with Crippen LogP contribution in [-0.2, 0) is 14.8 Å². The maximum Gasteiger partial charge on any atom is 0.223 e. The van der Waals surface area contributed by atoms with Crippen molar-refractivity contribution in [2.24, 2.45) is 5.92 Å². The predicted octanol–water partition coefficient (Wildman–Crippen LogP) is 2.36. The molecule has 0 aliphatic carbocycles. The van der Waals surface area contributed by atoms with Crippen LogP contribution in [0.5, 0.6) is 0 Å². The van der Waals surface area contributed by atoms with Crippen LogP contribution >= 0.6 is 0 Å². The summed E-state index contributed by atoms with van der Waals surface area (Å²) in [6, 6.07) is 0.545. The van der Waals surface area contributed by atoms with Crippen molar-refractivity contribution in [3.05, 3.63) is 0 Å². The Morgan fingerprint density at radius 2 is 1.56 bits per heavy atom. The van der Waals surface area contributed by atoms with Crippen LogP contribution in [0, 0.1) is 5.92 Å². The van der Waals surface area contributed by atoms with Crippen LogP contribution < -0.4 is 10.6 Å². The molecule has 0 unspecified atom stereocenters. The summed E-state index contributed by atoms with van der Waals surface area (Å²) in [7, 11) is -3.12. The molecule has 0 aromatic heterocycles. The van der Waals surface area contributed by atoms with Crippen LogP contribution in [0.3, 0.4) is 0 Å². The molecule has 0 aromatic carbocycles. The van der Waals surface area contributed by atoms with Gasteiger partial charge < -0.3 is 10.6 Å². The number of hydrogen-bond acceptors (Lipinski definition) is 4. The fourth-order valence-electron chi connectivity index (χ4n) is 2.80. The minimum absolute atomic E-state index is 0.0387. The van der Waals surface area contributed by atoms with E-state index in [1.165, 1.54) is 23.4 Å². The van der Waals surface area contributed by atoms with Gasteiger partial charge in [-0.05, 0) is 32.2 Å². The van der Waals surface area contributed by atoms with E-state index in [-0.39, 0.29) is 11.8 Å². The second kappa shape index (κ2) is 13.5. The maximum atomic E-state index is 12.1. The molecule has 0 atom stereocenters. The number of piperidine rings is 1. The summed E-state index contributed by atoms with van der Waals surface area (Å²) in [6.07, 6.45) is 6.98. The first kappa shape index (κ1) is 24.3. The molecule has 1 rings (SSSR count). The van der Waals surface area contributed by atoms with Gasteiger partial charge in [-0.15, -0.1) is 0 Å². The summed E-state index contributed by atoms with van der Waals surface area (Å²) in [5, 5.41) is 6.39. The topological polar surface area (TPSA) is 78.5 Å². The average molecular weight is 378 g/mol. The molecule has 1 saturated heterocycles. The fourth-order valence-corrected chi connectivity index (χ4v) is 3.67. The first-order chi connectivity index (χ1) is 11.8. The standard InChI is InChI=1S/C16H33N3O3S.C2H6/c1-14(2)17-10-6-4-5-7-11-18-16(20)15-8-12-19(13-9-15)23(3,21)22;1-2/h14-15,17H,4-13H2,1-3H3,(H,18,20);1-2H3. The smallest absolute Gasteiger partial charge is 0.223 e. The van der Waals surface area contributed by atoms with Crippen LogP contribution in [0.15, 0.2) is 0 Å². The second-order valence-corrected chi connectivity index (χ2v) is 8.73. The number of amides is 1. The van der Waals surface area contributed by atoms with Crippen LogP contribution in [0.1, 0.15) is 66.2 Å². The van der Waals surface area contributed by atoms with Crippen LogP contribution in [-0.4, -0.2) is 57.1 Å². The number of sulfonamides is 1. The van der Waals surface area contributed by atoms with Crippen molar-refractivity contribution < 1.29 is 13.2 Å². The number of carbonyl (C=O) groups excluding carboxylic acids is 1. The van der Waals surface area contributed by atoms with E-state index in [4.69, 9.17) is 0 Å². The van der Waals surface area contributed by atoms with Gasteiger partial charge in [-0.3, -0.25) is 4.79 Å². The number of nitrogens with one attached hydrogen (secondary N) is 2. The highest BCUT2D eigenvalue weighted by Crippen LogP contribution is 2.19. The van der Waals surface area contributed by atoms with E-state index in [0.29, 0.717) is 32.0 Å². The van der Waals surface area contributed by atoms with Crippen molar-refractivity contribution >= 4 is 15.9 Å². The first-order valence-electron chi connectivity index (χ1n) is 9.77. The van der Waals surface area contributed by atoms with Gasteiger partial charge in [-0.1, -0.05) is 40.5 Å². The lowest BCUT2D eigenvalue weighted by Crippen LogP contribution is -2.42. The lowest BCUT2D eigenvalue weighted by Gasteiger charge is -2.29. The molecule has 0 spiro atoms. The largest absolute Gasteiger partial charge is 0.356 e. The van der Waals surface area contributed by atoms with Gasteiger partial charge in [0.15, 0.2) is 0 Å². The Morgan fingerprint density at radius 3 is 2.04 bits per heavy atom. The lowest BCUT2D eigenvalue weighted by molar-refractivity contribution is -0.126. The van der Waals surface area contributed by atoms with Gasteiger partial charge in [0.25, 0.3) is 0 Å². The molecular formula is C18H39N3O3S. The Kier molecular flexibility index (Phi) is 13.2. The number of carbonyl (C=O) groups is 1. The minimum atomic E-state index is -3.12. The molecule has 25 heavy (non-hydrogen) atoms. The minimum Gasteiger partial charge on any atom is -0.356 e. The monoisotopic (exact) mass is 377 g/mol. The van der Waals surface area contributed by atoms with Crippen molar-refractivity contribution in [2.45, 2.75) is 72.3 Å². The van der Waals surface area contributed by atoms with Crippen LogP contribution in [0.2, 0.25) is 0 Å². The van der Waals surface area contributed by atoms with Gasteiger partial charge in [0.05, 0.1) is 6.26 Å². The lowest BCUT2D eigenvalue weighted by atomic mass is 9.97. The molecular weight excluding hydrogens is 338 g/mol. The zero-order valence-electron chi connectivity index (χ0n) is 16.8. The van der Waals surface area contributed by atoms with Crippen molar-refractivity contribution in [1.82, 2.24) is 14.9 Å². The number of hydrogen-bond donors (Lipinski definition) is 2. The van der Waals surface area contributed by atoms with Gasteiger partial charge >= 0.3 is 0 Å². The summed E-state index contributed by atoms with van der Waals surface area (Å²) >= 11 is 0. The third-order valence-electron chi connectivity index (χ3n) is 4.25. The summed E-state index contributed by atoms with van der Waals surface area (Å²) in [5.74, 6) is 0.0443. The molecule has 6 nitrogen and oxygen atoms in total. The maximum absolute atomic E-state index is 12.1. The third kappa shape index (κ3) is 11.5. The van der Waals surface area contributed by atoms with Gasteiger partial charge in [0.1, 0.15) is 0 Å². The molecule has 0 bridgehead atoms. The Morgan fingerprint density at radius 1 is 1.04 bits per heavy atom. The van der Waals surface area contributed by atoms with Crippen LogP contribution in [0.4, 0.5) is 0 Å². The van der Waals surface area contributed by atoms with Gasteiger partial charge in [-0.2, -0.15) is 0 Å². The Bertz CT molecular complexity index is 444. The summed E-state index contributed by atoms with van der Waals surface area (Å²) in [6.45, 7) is 11.0. The van der Waals surface area contributed by atoms with E-state index >= 15 is 0 Å². The molecule has 0 saturated carbocycles. The summed E-state index contributed by atoms with van der Waals surface area (Å²) in [5.41, 5.74) is 0. The van der Waals surface area contributed by atoms with Crippen molar-refractivity contribution in [3.63, 3.8) is 0 Å². The predicted molar refractivity (Wildman–Crippen MR) is 105 cm³/mol. The first-order valence-corrected chi connectivity index (χ1v) is 11.6. The van der Waals surface area contributed by atoms with Gasteiger partial charge in [0.2, 0.25) is 15.9 Å². The zero-order chi connectivity index (χ0) is 19.3. The van der Waals surface area contributed by atoms with Crippen molar-refractivity contribution in [1.29, 1.82) is 0 Å². The molecule has 2 N–H and O–H groups in total. The molecule has 1 fully saturated rings. The van der Waals surface area contributed by atoms with E-state index in [0.717, 1.165) is 25.9 Å². The molecule has 0 radical (unpaired) electrons. The molecule has 1 heterocycles. The van der Waals surface area contributed by atoms with Crippen molar-refractivity contribution in [3.8, 4) is 0 Å². The van der Waals surface area contributed by atoms with Crippen LogP contribution in [0.25, 0.3) is 0 Å². The average Bonchev–Trinajstić information content (AvgIpc) is 2.58. The fraction of sp³-hybridized carbons (Fsp3) is 0.944. The highest BCUT2D eigenvalue weighted by atomic mass is 32.2. The summed E-state index contributed by atoms with van der Waals surface area (Å²) < 4.78 is 24.3. The SMILES string of the molecule is CC.CC(C)NCCCCCCNC(=O)C1CCN(S(C)(=O)=O)CC1. The molecule has 7 heteroatoms. The van der Waals surface area contributed by atoms with E-state index in [2.05, 4.69) is 24.5 Å². The molecule has 1 aliphatic rings. The van der Waals surface area contributed by atoms with Crippen molar-refractivity contribution in [2.75, 3.05) is 32.4 Å². The van der Waals surface area contributed by atoms with Gasteiger partial charge in [0, 0.05) is 31.6 Å². The number of rotatable bonds is 10. The second-order valence-electron chi connectivity index (χ2n) is 6.75. The molecule has 0 aromatic rings.